The summed E-state index contributed by atoms with van der Waals surface area (Å²) in [5.41, 5.74) is 1.08. The third kappa shape index (κ3) is 4.11. The maximum Gasteiger partial charge on any atom is 0.252 e. The van der Waals surface area contributed by atoms with Crippen molar-refractivity contribution < 1.29 is 13.2 Å². The van der Waals surface area contributed by atoms with Gasteiger partial charge in [0, 0.05) is 34.7 Å². The largest absolute Gasteiger partial charge is 0.349 e. The van der Waals surface area contributed by atoms with Crippen molar-refractivity contribution >= 4 is 50.6 Å². The number of hydrogen-bond acceptors (Lipinski definition) is 5. The first-order chi connectivity index (χ1) is 13.4. The maximum atomic E-state index is 12.8. The molecule has 0 spiro atoms. The molecule has 0 saturated carbocycles. The van der Waals surface area contributed by atoms with Gasteiger partial charge in [-0.05, 0) is 54.5 Å². The summed E-state index contributed by atoms with van der Waals surface area (Å²) in [7, 11) is -3.44. The van der Waals surface area contributed by atoms with Gasteiger partial charge in [0.25, 0.3) is 10.0 Å². The highest BCUT2D eigenvalue weighted by molar-refractivity contribution is 7.99. The lowest BCUT2D eigenvalue weighted by molar-refractivity contribution is -0.126. The number of piperidine rings is 1. The molecule has 5 nitrogen and oxygen atoms in total. The van der Waals surface area contributed by atoms with Crippen molar-refractivity contribution in [2.24, 2.45) is 5.92 Å². The van der Waals surface area contributed by atoms with Crippen LogP contribution >= 0.6 is 34.7 Å². The summed E-state index contributed by atoms with van der Waals surface area (Å²) in [5, 5.41) is 5.61. The molecule has 1 aromatic carbocycles. The minimum atomic E-state index is -3.44. The summed E-state index contributed by atoms with van der Waals surface area (Å²) in [6.07, 6.45) is 1.95. The van der Waals surface area contributed by atoms with Crippen molar-refractivity contribution in [1.29, 1.82) is 0 Å². The number of fused-ring (bicyclic) bond motifs is 1. The van der Waals surface area contributed by atoms with E-state index >= 15 is 0 Å². The van der Waals surface area contributed by atoms with Crippen LogP contribution in [0.3, 0.4) is 0 Å². The van der Waals surface area contributed by atoms with Gasteiger partial charge in [0.2, 0.25) is 5.91 Å². The summed E-state index contributed by atoms with van der Waals surface area (Å²) in [4.78, 5) is 14.0. The number of thioether (sulfide) groups is 1. The monoisotopic (exact) mass is 456 g/mol. The molecule has 150 valence electrons. The number of sulfonamides is 1. The molecule has 0 aliphatic carbocycles. The van der Waals surface area contributed by atoms with Crippen LogP contribution in [0.2, 0.25) is 5.02 Å². The number of nitrogens with zero attached hydrogens (tertiary/aromatic N) is 1. The second-order valence-corrected chi connectivity index (χ2v) is 11.7. The number of thiophene rings is 1. The van der Waals surface area contributed by atoms with Crippen LogP contribution in [0.1, 0.15) is 30.9 Å². The lowest BCUT2D eigenvalue weighted by Crippen LogP contribution is -2.43. The fourth-order valence-corrected chi connectivity index (χ4v) is 7.60. The fourth-order valence-electron chi connectivity index (χ4n) is 3.70. The molecule has 3 heterocycles. The van der Waals surface area contributed by atoms with Crippen LogP contribution in [0.25, 0.3) is 0 Å². The molecule has 1 amide bonds. The van der Waals surface area contributed by atoms with Gasteiger partial charge in [-0.1, -0.05) is 17.7 Å². The number of rotatable bonds is 4. The van der Waals surface area contributed by atoms with Crippen molar-refractivity contribution in [1.82, 2.24) is 9.62 Å². The molecule has 2 aliphatic heterocycles. The lowest BCUT2D eigenvalue weighted by Gasteiger charge is -2.32. The summed E-state index contributed by atoms with van der Waals surface area (Å²) >= 11 is 9.15. The van der Waals surface area contributed by atoms with Gasteiger partial charge in [-0.25, -0.2) is 8.42 Å². The van der Waals surface area contributed by atoms with Gasteiger partial charge in [-0.2, -0.15) is 4.31 Å². The number of carbonyl (C=O) groups excluding carboxylic acids is 1. The van der Waals surface area contributed by atoms with Crippen LogP contribution in [-0.4, -0.2) is 37.5 Å². The Morgan fingerprint density at radius 2 is 1.96 bits per heavy atom. The highest BCUT2D eigenvalue weighted by atomic mass is 35.5. The maximum absolute atomic E-state index is 12.8. The molecule has 2 aromatic rings. The number of benzene rings is 1. The van der Waals surface area contributed by atoms with E-state index in [1.165, 1.54) is 15.6 Å². The molecule has 0 radical (unpaired) electrons. The van der Waals surface area contributed by atoms with Crippen LogP contribution in [0.4, 0.5) is 0 Å². The number of hydrogen-bond donors (Lipinski definition) is 1. The van der Waals surface area contributed by atoms with Crippen LogP contribution in [0.5, 0.6) is 0 Å². The van der Waals surface area contributed by atoms with Gasteiger partial charge in [0.15, 0.2) is 0 Å². The van der Waals surface area contributed by atoms with Crippen LogP contribution in [-0.2, 0) is 14.8 Å². The third-order valence-corrected chi connectivity index (χ3v) is 9.87. The number of nitrogens with one attached hydrogen (secondary N) is 1. The summed E-state index contributed by atoms with van der Waals surface area (Å²) in [6, 6.07) is 9.16. The molecule has 1 fully saturated rings. The quantitative estimate of drug-likeness (QED) is 0.750. The smallest absolute Gasteiger partial charge is 0.252 e. The number of carbonyl (C=O) groups is 1. The molecular formula is C19H21ClN2O3S3. The van der Waals surface area contributed by atoms with Gasteiger partial charge in [-0.15, -0.1) is 23.1 Å². The first kappa shape index (κ1) is 20.2. The minimum Gasteiger partial charge on any atom is -0.349 e. The predicted octanol–water partition coefficient (Wildman–Crippen LogP) is 4.16. The molecule has 0 unspecified atom stereocenters. The summed E-state index contributed by atoms with van der Waals surface area (Å²) in [5.74, 6) is 0.805. The van der Waals surface area contributed by atoms with E-state index in [1.807, 2.05) is 18.2 Å². The third-order valence-electron chi connectivity index (χ3n) is 5.24. The van der Waals surface area contributed by atoms with Crippen LogP contribution < -0.4 is 5.32 Å². The van der Waals surface area contributed by atoms with E-state index in [2.05, 4.69) is 5.32 Å². The fraction of sp³-hybridized carbons (Fsp3) is 0.421. The van der Waals surface area contributed by atoms with Gasteiger partial charge in [0.1, 0.15) is 4.21 Å². The van der Waals surface area contributed by atoms with E-state index in [0.29, 0.717) is 35.2 Å². The zero-order chi connectivity index (χ0) is 19.7. The average Bonchev–Trinajstić information content (AvgIpc) is 3.24. The predicted molar refractivity (Wildman–Crippen MR) is 113 cm³/mol. The first-order valence-electron chi connectivity index (χ1n) is 9.21. The molecule has 2 aliphatic rings. The van der Waals surface area contributed by atoms with E-state index < -0.39 is 10.0 Å². The lowest BCUT2D eigenvalue weighted by atomic mass is 9.95. The second-order valence-electron chi connectivity index (χ2n) is 6.99. The molecular weight excluding hydrogens is 436 g/mol. The normalized spacial score (nSPS) is 21.2. The number of halogens is 1. The Bertz CT molecular complexity index is 955. The van der Waals surface area contributed by atoms with Gasteiger partial charge in [0.05, 0.1) is 6.04 Å². The Morgan fingerprint density at radius 1 is 1.18 bits per heavy atom. The van der Waals surface area contributed by atoms with E-state index in [9.17, 15) is 13.2 Å². The molecule has 1 saturated heterocycles. The molecule has 9 heteroatoms. The van der Waals surface area contributed by atoms with Crippen molar-refractivity contribution in [3.8, 4) is 0 Å². The van der Waals surface area contributed by atoms with E-state index in [4.69, 9.17) is 11.6 Å². The molecule has 1 aromatic heterocycles. The Hall–Kier alpha value is -1.06. The Labute approximate surface area is 178 Å². The first-order valence-corrected chi connectivity index (χ1v) is 12.9. The average molecular weight is 457 g/mol. The standard InChI is InChI=1S/C19H21ClN2O3S3/c20-14-3-4-17-15(12-14)16(7-11-26-17)21-19(23)13-5-8-22(9-6-13)28(24,25)18-2-1-10-27-18/h1-4,10,12-13,16H,5-9,11H2,(H,21,23)/t16-/m0/s1. The van der Waals surface area contributed by atoms with Gasteiger partial charge < -0.3 is 5.32 Å². The van der Waals surface area contributed by atoms with Crippen molar-refractivity contribution in [2.45, 2.75) is 34.4 Å². The van der Waals surface area contributed by atoms with E-state index in [0.717, 1.165) is 22.6 Å². The molecule has 1 N–H and O–H groups in total. The van der Waals surface area contributed by atoms with Crippen molar-refractivity contribution in [2.75, 3.05) is 18.8 Å². The zero-order valence-electron chi connectivity index (χ0n) is 15.1. The summed E-state index contributed by atoms with van der Waals surface area (Å²) < 4.78 is 27.1. The van der Waals surface area contributed by atoms with Gasteiger partial charge >= 0.3 is 0 Å². The van der Waals surface area contributed by atoms with Crippen LogP contribution in [0, 0.1) is 5.92 Å². The van der Waals surface area contributed by atoms with Crippen LogP contribution in [0.15, 0.2) is 44.8 Å². The van der Waals surface area contributed by atoms with Crippen molar-refractivity contribution in [3.63, 3.8) is 0 Å². The highest BCUT2D eigenvalue weighted by Gasteiger charge is 2.33. The Kier molecular flexibility index (Phi) is 6.04. The SMILES string of the molecule is O=C(N[C@H]1CCSc2ccc(Cl)cc21)C1CCN(S(=O)(=O)c2cccs2)CC1. The number of amides is 1. The Morgan fingerprint density at radius 3 is 2.68 bits per heavy atom. The van der Waals surface area contributed by atoms with Gasteiger partial charge in [-0.3, -0.25) is 4.79 Å². The zero-order valence-corrected chi connectivity index (χ0v) is 18.3. The molecule has 28 heavy (non-hydrogen) atoms. The molecule has 1 atom stereocenters. The minimum absolute atomic E-state index is 0.0102. The summed E-state index contributed by atoms with van der Waals surface area (Å²) in [6.45, 7) is 0.752. The Balaban J connectivity index is 1.39. The topological polar surface area (TPSA) is 66.5 Å². The molecule has 4 rings (SSSR count). The second kappa shape index (κ2) is 8.36. The van der Waals surface area contributed by atoms with Crippen molar-refractivity contribution in [3.05, 3.63) is 46.3 Å². The molecule has 0 bridgehead atoms. The van der Waals surface area contributed by atoms with E-state index in [-0.39, 0.29) is 17.9 Å². The highest BCUT2D eigenvalue weighted by Crippen LogP contribution is 2.38. The van der Waals surface area contributed by atoms with E-state index in [1.54, 1.807) is 29.3 Å².